The molecule has 0 amide bonds. The third-order valence-corrected chi connectivity index (χ3v) is 10.8. The maximum atomic E-state index is 13.8. The fraction of sp³-hybridized carbons (Fsp3) is 0.567. The maximum Gasteiger partial charge on any atom is 0.332 e. The van der Waals surface area contributed by atoms with E-state index in [2.05, 4.69) is 28.6 Å². The number of sulfonamides is 1. The molecule has 216 valence electrons. The molecule has 2 aromatic carbocycles. The quantitative estimate of drug-likeness (QED) is 0.0946. The Bertz CT molecular complexity index is 1320. The molecule has 9 nitrogen and oxygen atoms in total. The molecule has 0 saturated heterocycles. The molecular weight excluding hydrogens is 528 g/mol. The number of fused-ring (bicyclic) bond motifs is 2. The Morgan fingerprint density at radius 2 is 1.77 bits per heavy atom. The van der Waals surface area contributed by atoms with Crippen molar-refractivity contribution in [3.05, 3.63) is 76.2 Å². The first-order valence-corrected chi connectivity index (χ1v) is 15.6. The van der Waals surface area contributed by atoms with Crippen LogP contribution in [0.25, 0.3) is 10.4 Å². The van der Waals surface area contributed by atoms with Crippen molar-refractivity contribution >= 4 is 16.0 Å². The zero-order valence-electron chi connectivity index (χ0n) is 23.6. The van der Waals surface area contributed by atoms with Gasteiger partial charge in [-0.1, -0.05) is 61.4 Å². The summed E-state index contributed by atoms with van der Waals surface area (Å²) in [7, 11) is -3.87. The van der Waals surface area contributed by atoms with Gasteiger partial charge in [0.1, 0.15) is 12.4 Å². The summed E-state index contributed by atoms with van der Waals surface area (Å²) < 4.78 is 41.8. The van der Waals surface area contributed by atoms with E-state index in [0.717, 1.165) is 37.7 Å². The van der Waals surface area contributed by atoms with E-state index in [1.807, 2.05) is 30.3 Å². The van der Waals surface area contributed by atoms with E-state index >= 15 is 0 Å². The van der Waals surface area contributed by atoms with Gasteiger partial charge in [-0.05, 0) is 91.0 Å². The van der Waals surface area contributed by atoms with Gasteiger partial charge < -0.3 is 9.47 Å². The van der Waals surface area contributed by atoms with E-state index in [1.165, 1.54) is 0 Å². The van der Waals surface area contributed by atoms with Crippen LogP contribution in [-0.2, 0) is 31.7 Å². The van der Waals surface area contributed by atoms with E-state index < -0.39 is 21.5 Å². The average Bonchev–Trinajstić information content (AvgIpc) is 3.31. The van der Waals surface area contributed by atoms with Crippen LogP contribution in [0.15, 0.2) is 59.7 Å². The summed E-state index contributed by atoms with van der Waals surface area (Å²) >= 11 is 0. The van der Waals surface area contributed by atoms with Gasteiger partial charge in [0.15, 0.2) is 5.54 Å². The number of ether oxygens (including phenoxy) is 2. The number of benzene rings is 2. The van der Waals surface area contributed by atoms with Gasteiger partial charge in [0.25, 0.3) is 0 Å². The Morgan fingerprint density at radius 1 is 1.10 bits per heavy atom. The minimum atomic E-state index is -3.87. The number of azide groups is 1. The second-order valence-corrected chi connectivity index (χ2v) is 13.6. The fourth-order valence-corrected chi connectivity index (χ4v) is 8.78. The zero-order valence-corrected chi connectivity index (χ0v) is 24.5. The molecule has 40 heavy (non-hydrogen) atoms. The average molecular weight is 569 g/mol. The van der Waals surface area contributed by atoms with Crippen molar-refractivity contribution in [3.8, 4) is 5.75 Å². The van der Waals surface area contributed by atoms with Crippen molar-refractivity contribution in [1.82, 2.24) is 4.72 Å². The van der Waals surface area contributed by atoms with Gasteiger partial charge in [0.2, 0.25) is 10.0 Å². The first-order valence-electron chi connectivity index (χ1n) is 14.0. The lowest BCUT2D eigenvalue weighted by Gasteiger charge is -2.39. The van der Waals surface area contributed by atoms with Gasteiger partial charge >= 0.3 is 5.97 Å². The van der Waals surface area contributed by atoms with Gasteiger partial charge in [-0.3, -0.25) is 0 Å². The van der Waals surface area contributed by atoms with Crippen LogP contribution in [0.1, 0.15) is 70.4 Å². The standard InChI is InChI=1S/C30H40N4O5S/c1-28(2)24-15-17-30(28,18-16-24)22-40(36,37)33-29(3,27(35)39-21-23-9-5-4-6-10-23)25-11-13-26(14-12-25)38-20-8-7-19-32-34-31/h4-6,9-14,24,33H,7-8,15-22H2,1-3H3. The van der Waals surface area contributed by atoms with Crippen LogP contribution < -0.4 is 9.46 Å². The number of hydrogen-bond acceptors (Lipinski definition) is 6. The molecular formula is C30H40N4O5S. The Labute approximate surface area is 237 Å². The van der Waals surface area contributed by atoms with Gasteiger partial charge in [-0.2, -0.15) is 4.72 Å². The molecule has 1 unspecified atom stereocenters. The predicted molar refractivity (Wildman–Crippen MR) is 154 cm³/mol. The number of carbonyl (C=O) groups is 1. The Balaban J connectivity index is 1.52. The molecule has 0 spiro atoms. The Kier molecular flexibility index (Phi) is 9.12. The van der Waals surface area contributed by atoms with Gasteiger partial charge in [-0.15, -0.1) is 0 Å². The number of hydrogen-bond donors (Lipinski definition) is 1. The number of nitrogens with one attached hydrogen (secondary N) is 1. The molecule has 1 atom stereocenters. The Morgan fingerprint density at radius 3 is 2.38 bits per heavy atom. The van der Waals surface area contributed by atoms with Crippen LogP contribution in [0.3, 0.4) is 0 Å². The second kappa shape index (κ2) is 12.2. The molecule has 2 fully saturated rings. The third kappa shape index (κ3) is 6.45. The first-order chi connectivity index (χ1) is 19.0. The minimum absolute atomic E-state index is 0.0118. The highest BCUT2D eigenvalue weighted by molar-refractivity contribution is 7.89. The fourth-order valence-electron chi connectivity index (χ4n) is 6.50. The molecule has 1 N–H and O–H groups in total. The smallest absolute Gasteiger partial charge is 0.332 e. The van der Waals surface area contributed by atoms with E-state index in [4.69, 9.17) is 15.0 Å². The number of rotatable bonds is 14. The molecule has 2 aliphatic carbocycles. The first kappa shape index (κ1) is 29.9. The van der Waals surface area contributed by atoms with Crippen molar-refractivity contribution in [2.45, 2.75) is 71.4 Å². The van der Waals surface area contributed by atoms with Crippen LogP contribution in [0.4, 0.5) is 0 Å². The van der Waals surface area contributed by atoms with E-state index in [0.29, 0.717) is 36.8 Å². The van der Waals surface area contributed by atoms with Crippen LogP contribution in [-0.4, -0.2) is 33.3 Å². The van der Waals surface area contributed by atoms with E-state index in [9.17, 15) is 13.2 Å². The number of unbranched alkanes of at least 4 members (excludes halogenated alkanes) is 1. The molecule has 0 radical (unpaired) electrons. The van der Waals surface area contributed by atoms with Gasteiger partial charge in [0, 0.05) is 11.5 Å². The van der Waals surface area contributed by atoms with Crippen molar-refractivity contribution in [2.75, 3.05) is 18.9 Å². The van der Waals surface area contributed by atoms with Crippen LogP contribution in [0.2, 0.25) is 0 Å². The monoisotopic (exact) mass is 568 g/mol. The number of esters is 1. The topological polar surface area (TPSA) is 130 Å². The third-order valence-electron chi connectivity index (χ3n) is 9.19. The summed E-state index contributed by atoms with van der Waals surface area (Å²) in [5.74, 6) is 0.455. The number of nitrogens with zero attached hydrogens (tertiary/aromatic N) is 3. The van der Waals surface area contributed by atoms with Crippen LogP contribution >= 0.6 is 0 Å². The summed E-state index contributed by atoms with van der Waals surface area (Å²) in [6.07, 6.45) is 5.31. The molecule has 2 bridgehead atoms. The number of carbonyl (C=O) groups excluding carboxylic acids is 1. The van der Waals surface area contributed by atoms with Crippen molar-refractivity contribution < 1.29 is 22.7 Å². The molecule has 0 aliphatic heterocycles. The highest BCUT2D eigenvalue weighted by Gasteiger charge is 2.60. The highest BCUT2D eigenvalue weighted by atomic mass is 32.2. The summed E-state index contributed by atoms with van der Waals surface area (Å²) in [5.41, 5.74) is 7.66. The largest absolute Gasteiger partial charge is 0.494 e. The summed E-state index contributed by atoms with van der Waals surface area (Å²) in [5, 5.41) is 3.51. The molecule has 4 rings (SSSR count). The zero-order chi connectivity index (χ0) is 28.9. The molecule has 0 aromatic heterocycles. The maximum absolute atomic E-state index is 13.8. The van der Waals surface area contributed by atoms with Crippen LogP contribution in [0, 0.1) is 16.7 Å². The summed E-state index contributed by atoms with van der Waals surface area (Å²) in [6.45, 7) is 6.85. The molecule has 10 heteroatoms. The highest BCUT2D eigenvalue weighted by Crippen LogP contribution is 2.66. The summed E-state index contributed by atoms with van der Waals surface area (Å²) in [6, 6.07) is 16.1. The minimum Gasteiger partial charge on any atom is -0.494 e. The Hall–Kier alpha value is -3.07. The molecule has 2 saturated carbocycles. The van der Waals surface area contributed by atoms with Gasteiger partial charge in [-0.25, -0.2) is 13.2 Å². The lowest BCUT2D eigenvalue weighted by atomic mass is 9.71. The lowest BCUT2D eigenvalue weighted by molar-refractivity contribution is -0.152. The molecule has 2 aromatic rings. The van der Waals surface area contributed by atoms with Gasteiger partial charge in [0.05, 0.1) is 12.4 Å². The van der Waals surface area contributed by atoms with Crippen LogP contribution in [0.5, 0.6) is 5.75 Å². The molecule has 0 heterocycles. The van der Waals surface area contributed by atoms with E-state index in [1.54, 1.807) is 31.2 Å². The molecule has 2 aliphatic rings. The predicted octanol–water partition coefficient (Wildman–Crippen LogP) is 6.25. The lowest BCUT2D eigenvalue weighted by Crippen LogP contribution is -2.53. The summed E-state index contributed by atoms with van der Waals surface area (Å²) in [4.78, 5) is 16.3. The SMILES string of the molecule is CC(NS(=O)(=O)CC12CCC(CC1)C2(C)C)(C(=O)OCc1ccccc1)c1ccc(OCCCCN=[N+]=[N-])cc1. The van der Waals surface area contributed by atoms with E-state index in [-0.39, 0.29) is 23.2 Å². The van der Waals surface area contributed by atoms with Crippen molar-refractivity contribution in [2.24, 2.45) is 21.9 Å². The normalized spacial score (nSPS) is 22.7. The second-order valence-electron chi connectivity index (χ2n) is 11.9. The van der Waals surface area contributed by atoms with Crippen molar-refractivity contribution in [1.29, 1.82) is 0 Å². The van der Waals surface area contributed by atoms with Crippen molar-refractivity contribution in [3.63, 3.8) is 0 Å².